The smallest absolute Gasteiger partial charge is 0.247 e. The molecule has 0 heterocycles. The summed E-state index contributed by atoms with van der Waals surface area (Å²) in [5.74, 6) is -1.35. The normalized spacial score (nSPS) is 13.2. The van der Waals surface area contributed by atoms with Crippen molar-refractivity contribution >= 4 is 30.3 Å². The number of carbonyl (C=O) groups is 2. The molecule has 0 bridgehead atoms. The molecule has 0 spiro atoms. The van der Waals surface area contributed by atoms with Gasteiger partial charge in [-0.25, -0.2) is 10.9 Å². The second-order valence-electron chi connectivity index (χ2n) is 7.63. The summed E-state index contributed by atoms with van der Waals surface area (Å²) in [4.78, 5) is 25.0. The van der Waals surface area contributed by atoms with E-state index < -0.39 is 17.7 Å². The molecule has 1 aromatic rings. The molecule has 0 aliphatic rings. The highest BCUT2D eigenvalue weighted by molar-refractivity contribution is 5.87. The molecule has 2 atom stereocenters. The van der Waals surface area contributed by atoms with E-state index in [0.29, 0.717) is 25.3 Å². The summed E-state index contributed by atoms with van der Waals surface area (Å²) >= 11 is 0. The lowest BCUT2D eigenvalue weighted by Gasteiger charge is -2.25. The van der Waals surface area contributed by atoms with Crippen LogP contribution in [-0.2, 0) is 9.59 Å². The molecule has 7 heteroatoms. The Balaban J connectivity index is 0.00000729. The van der Waals surface area contributed by atoms with E-state index in [1.54, 1.807) is 5.48 Å². The van der Waals surface area contributed by atoms with Crippen molar-refractivity contribution in [2.24, 2.45) is 23.7 Å². The fourth-order valence-corrected chi connectivity index (χ4v) is 2.85. The van der Waals surface area contributed by atoms with Crippen molar-refractivity contribution < 1.29 is 14.8 Å². The van der Waals surface area contributed by atoms with E-state index in [2.05, 4.69) is 10.9 Å². The minimum atomic E-state index is -0.654. The second-order valence-corrected chi connectivity index (χ2v) is 7.63. The molecule has 2 amide bonds. The molecule has 1 rings (SSSR count). The molecule has 0 fully saturated rings. The summed E-state index contributed by atoms with van der Waals surface area (Å²) in [5, 5.41) is 9.16. The zero-order chi connectivity index (χ0) is 20.2. The van der Waals surface area contributed by atoms with Crippen molar-refractivity contribution in [1.82, 2.24) is 16.3 Å². The number of nitrogens with one attached hydrogen (secondary N) is 3. The van der Waals surface area contributed by atoms with Gasteiger partial charge in [-0.05, 0) is 30.2 Å². The van der Waals surface area contributed by atoms with Crippen molar-refractivity contribution in [3.63, 3.8) is 0 Å². The van der Waals surface area contributed by atoms with Crippen LogP contribution in [-0.4, -0.2) is 23.6 Å². The largest absolute Gasteiger partial charge is 0.291 e. The number of allylic oxidation sites excluding steroid dienone is 1. The van der Waals surface area contributed by atoms with E-state index in [-0.39, 0.29) is 24.2 Å². The average Bonchev–Trinajstić information content (AvgIpc) is 2.63. The molecule has 158 valence electrons. The molecule has 28 heavy (non-hydrogen) atoms. The summed E-state index contributed by atoms with van der Waals surface area (Å²) in [6.45, 7) is 8.75. The quantitative estimate of drug-likeness (QED) is 0.331. The number of halogens is 1. The summed E-state index contributed by atoms with van der Waals surface area (Å²) in [6, 6.07) is 9.74. The number of hydrazine groups is 1. The zero-order valence-corrected chi connectivity index (χ0v) is 18.0. The van der Waals surface area contributed by atoms with Crippen LogP contribution in [0.3, 0.4) is 0 Å². The van der Waals surface area contributed by atoms with Gasteiger partial charge in [0.05, 0.1) is 11.8 Å². The molecule has 0 saturated heterocycles. The Labute approximate surface area is 174 Å². The minimum absolute atomic E-state index is 0. The highest BCUT2D eigenvalue weighted by Gasteiger charge is 2.33. The molecule has 1 unspecified atom stereocenters. The fourth-order valence-electron chi connectivity index (χ4n) is 2.85. The first-order chi connectivity index (χ1) is 12.8. The third kappa shape index (κ3) is 9.88. The summed E-state index contributed by atoms with van der Waals surface area (Å²) in [7, 11) is 0. The van der Waals surface area contributed by atoms with E-state index in [9.17, 15) is 9.59 Å². The summed E-state index contributed by atoms with van der Waals surface area (Å²) in [5.41, 5.74) is 8.37. The van der Waals surface area contributed by atoms with Crippen LogP contribution in [0.25, 0.3) is 6.08 Å². The van der Waals surface area contributed by atoms with Gasteiger partial charge < -0.3 is 0 Å². The van der Waals surface area contributed by atoms with Gasteiger partial charge in [0.25, 0.3) is 0 Å². The van der Waals surface area contributed by atoms with Crippen LogP contribution in [0.5, 0.6) is 0 Å². The Kier molecular flexibility index (Phi) is 13.2. The standard InChI is InChI=1S/C21H33N3O3.ClH/c1-15(2)13-19(20(25)23-22-14-16(3)4)18(21(26)24-27)12-8-11-17-9-6-5-7-10-17;/h5-11,15-16,18-19,22,27H,12-14H2,1-4H3,(H,23,25)(H,24,26);1H/t18-,19?;/m0./s1. The summed E-state index contributed by atoms with van der Waals surface area (Å²) in [6.07, 6.45) is 4.69. The van der Waals surface area contributed by atoms with Gasteiger partial charge in [0, 0.05) is 6.54 Å². The third-order valence-corrected chi connectivity index (χ3v) is 4.22. The van der Waals surface area contributed by atoms with Gasteiger partial charge in [0.2, 0.25) is 11.8 Å². The van der Waals surface area contributed by atoms with Gasteiger partial charge >= 0.3 is 0 Å². The van der Waals surface area contributed by atoms with Crippen LogP contribution in [0.4, 0.5) is 0 Å². The Bertz CT molecular complexity index is 606. The first-order valence-corrected chi connectivity index (χ1v) is 9.53. The molecule has 4 N–H and O–H groups in total. The van der Waals surface area contributed by atoms with Crippen LogP contribution in [0, 0.1) is 23.7 Å². The number of hydrogen-bond donors (Lipinski definition) is 4. The first-order valence-electron chi connectivity index (χ1n) is 9.53. The highest BCUT2D eigenvalue weighted by Crippen LogP contribution is 2.25. The van der Waals surface area contributed by atoms with Gasteiger partial charge in [0.15, 0.2) is 0 Å². The Morgan fingerprint density at radius 3 is 2.18 bits per heavy atom. The van der Waals surface area contributed by atoms with E-state index >= 15 is 0 Å². The van der Waals surface area contributed by atoms with E-state index in [1.165, 1.54) is 0 Å². The molecule has 0 aliphatic heterocycles. The number of hydroxylamine groups is 1. The monoisotopic (exact) mass is 411 g/mol. The lowest BCUT2D eigenvalue weighted by Crippen LogP contribution is -2.47. The lowest BCUT2D eigenvalue weighted by atomic mass is 9.82. The maximum Gasteiger partial charge on any atom is 0.247 e. The highest BCUT2D eigenvalue weighted by atomic mass is 35.5. The third-order valence-electron chi connectivity index (χ3n) is 4.22. The SMILES string of the molecule is CC(C)CNNC(=O)C(CC(C)C)[C@H](CC=Cc1ccccc1)C(=O)NO.Cl. The van der Waals surface area contributed by atoms with Gasteiger partial charge in [-0.15, -0.1) is 12.4 Å². The zero-order valence-electron chi connectivity index (χ0n) is 17.1. The molecule has 0 aliphatic carbocycles. The molecule has 1 aromatic carbocycles. The summed E-state index contributed by atoms with van der Waals surface area (Å²) < 4.78 is 0. The van der Waals surface area contributed by atoms with Crippen LogP contribution >= 0.6 is 12.4 Å². The lowest BCUT2D eigenvalue weighted by molar-refractivity contribution is -0.141. The van der Waals surface area contributed by atoms with Crippen molar-refractivity contribution in [2.75, 3.05) is 6.54 Å². The predicted octanol–water partition coefficient (Wildman–Crippen LogP) is 3.57. The number of benzene rings is 1. The topological polar surface area (TPSA) is 90.5 Å². The van der Waals surface area contributed by atoms with Crippen molar-refractivity contribution in [3.8, 4) is 0 Å². The molecular formula is C21H34ClN3O3. The Hall–Kier alpha value is -1.89. The van der Waals surface area contributed by atoms with Gasteiger partial charge in [0.1, 0.15) is 0 Å². The average molecular weight is 412 g/mol. The van der Waals surface area contributed by atoms with Gasteiger partial charge in [-0.3, -0.25) is 20.2 Å². The van der Waals surface area contributed by atoms with E-state index in [1.807, 2.05) is 70.2 Å². The number of hydrogen-bond acceptors (Lipinski definition) is 4. The van der Waals surface area contributed by atoms with Gasteiger partial charge in [-0.2, -0.15) is 0 Å². The van der Waals surface area contributed by atoms with Crippen LogP contribution in [0.15, 0.2) is 36.4 Å². The fraction of sp³-hybridized carbons (Fsp3) is 0.524. The number of rotatable bonds is 11. The molecule has 0 aromatic heterocycles. The van der Waals surface area contributed by atoms with Crippen LogP contribution in [0.2, 0.25) is 0 Å². The number of carbonyl (C=O) groups excluding carboxylic acids is 2. The second kappa shape index (κ2) is 14.2. The van der Waals surface area contributed by atoms with E-state index in [0.717, 1.165) is 5.56 Å². The molecule has 0 saturated carbocycles. The maximum atomic E-state index is 12.7. The molecular weight excluding hydrogens is 378 g/mol. The predicted molar refractivity (Wildman–Crippen MR) is 115 cm³/mol. The van der Waals surface area contributed by atoms with Crippen LogP contribution < -0.4 is 16.3 Å². The van der Waals surface area contributed by atoms with Crippen molar-refractivity contribution in [2.45, 2.75) is 40.5 Å². The van der Waals surface area contributed by atoms with Crippen molar-refractivity contribution in [1.29, 1.82) is 0 Å². The Morgan fingerprint density at radius 2 is 1.64 bits per heavy atom. The molecule has 6 nitrogen and oxygen atoms in total. The maximum absolute atomic E-state index is 12.7. The number of amides is 2. The molecule has 0 radical (unpaired) electrons. The minimum Gasteiger partial charge on any atom is -0.291 e. The van der Waals surface area contributed by atoms with Crippen LogP contribution in [0.1, 0.15) is 46.1 Å². The van der Waals surface area contributed by atoms with Crippen molar-refractivity contribution in [3.05, 3.63) is 42.0 Å². The first kappa shape index (κ1) is 26.1. The van der Waals surface area contributed by atoms with Gasteiger partial charge in [-0.1, -0.05) is 70.2 Å². The van der Waals surface area contributed by atoms with E-state index in [4.69, 9.17) is 5.21 Å². The Morgan fingerprint density at radius 1 is 1.00 bits per heavy atom.